The number of para-hydroxylation sites is 4. The molecule has 3 aromatic heterocycles. The van der Waals surface area contributed by atoms with Crippen LogP contribution in [-0.4, -0.2) is 14.1 Å². The third kappa shape index (κ3) is 10.2. The molecule has 1 atom stereocenters. The van der Waals surface area contributed by atoms with Crippen LogP contribution < -0.4 is 9.30 Å². The zero-order valence-corrected chi connectivity index (χ0v) is 48.4. The van der Waals surface area contributed by atoms with Crippen molar-refractivity contribution in [2.75, 3.05) is 0 Å². The van der Waals surface area contributed by atoms with Crippen LogP contribution >= 0.6 is 0 Å². The molecule has 0 saturated carbocycles. The van der Waals surface area contributed by atoms with Crippen LogP contribution in [0.1, 0.15) is 118 Å². The normalized spacial score (nSPS) is 13.5. The number of hydrogen-bond acceptors (Lipinski definition) is 2. The topological polar surface area (TPSA) is 35.9 Å². The maximum absolute atomic E-state index is 9.26. The van der Waals surface area contributed by atoms with Gasteiger partial charge in [-0.05, 0) is 101 Å². The molecule has 11 rings (SSSR count). The van der Waals surface area contributed by atoms with Gasteiger partial charge in [-0.25, -0.2) is 4.98 Å². The van der Waals surface area contributed by atoms with Crippen LogP contribution in [0.2, 0.25) is 0 Å². The molecule has 1 unspecified atom stereocenters. The molecule has 390 valence electrons. The van der Waals surface area contributed by atoms with Crippen molar-refractivity contribution in [1.82, 2.24) is 14.1 Å². The van der Waals surface area contributed by atoms with Gasteiger partial charge in [0.25, 0.3) is 6.33 Å². The Morgan fingerprint density at radius 3 is 1.86 bits per heavy atom. The molecule has 6 heteroatoms. The van der Waals surface area contributed by atoms with Gasteiger partial charge in [-0.2, -0.15) is 18.2 Å². The maximum Gasteiger partial charge on any atom is 0.268 e. The number of pyridine rings is 1. The summed E-state index contributed by atoms with van der Waals surface area (Å²) in [6.45, 7) is 26.8. The zero-order chi connectivity index (χ0) is 57.6. The molecule has 0 bridgehead atoms. The second-order valence-electron chi connectivity index (χ2n) is 23.7. The second-order valence-corrected chi connectivity index (χ2v) is 23.7. The van der Waals surface area contributed by atoms with Crippen molar-refractivity contribution < 1.29 is 37.2 Å². The van der Waals surface area contributed by atoms with E-state index < -0.39 is 18.1 Å². The number of imidazole rings is 1. The fraction of sp³-hybridized carbons (Fsp3) is 0.239. The van der Waals surface area contributed by atoms with E-state index in [1.807, 2.05) is 82.1 Å². The summed E-state index contributed by atoms with van der Waals surface area (Å²) >= 11 is 0. The van der Waals surface area contributed by atoms with Crippen LogP contribution in [0.25, 0.3) is 83.4 Å². The Balaban J connectivity index is 0.00000753. The van der Waals surface area contributed by atoms with Gasteiger partial charge in [0.1, 0.15) is 5.82 Å². The van der Waals surface area contributed by atoms with Gasteiger partial charge in [-0.15, -0.1) is 29.7 Å². The average molecular weight is 1190 g/mol. The van der Waals surface area contributed by atoms with Crippen LogP contribution in [0.5, 0.6) is 11.5 Å². The standard InChI is InChI=1S/C71H68N4O.Pt/c1-46(2)47(3)61-43-67(72-44-62(61)49-32-34-51(35-33-49)69(4,5)6)75-63-29-17-16-26-59(63)60-37-36-56(42-66(60)75)76-55-25-20-24-54(41-55)73-45-74(65-31-19-18-30-64(65)73)68-57(48-22-14-13-15-23-48)27-21-28-58(68)50-38-52(70(7,8)9)40-53(39-50)71(10,11)12;/h13-40,43-44,46-47H,1-12H3;/q-2;/i13D,14D,15D,22D,23D;. The van der Waals surface area contributed by atoms with Crippen LogP contribution in [-0.2, 0) is 37.3 Å². The van der Waals surface area contributed by atoms with Gasteiger partial charge in [-0.1, -0.05) is 222 Å². The minimum atomic E-state index is -0.446. The number of nitrogens with zero attached hydrogens (tertiary/aromatic N) is 4. The van der Waals surface area contributed by atoms with Crippen molar-refractivity contribution in [2.45, 2.75) is 105 Å². The van der Waals surface area contributed by atoms with Crippen LogP contribution in [0.15, 0.2) is 182 Å². The van der Waals surface area contributed by atoms with Gasteiger partial charge < -0.3 is 13.9 Å². The van der Waals surface area contributed by atoms with E-state index in [9.17, 15) is 2.74 Å². The summed E-state index contributed by atoms with van der Waals surface area (Å²) in [7, 11) is 0. The van der Waals surface area contributed by atoms with Crippen molar-refractivity contribution in [1.29, 1.82) is 0 Å². The Labute approximate surface area is 477 Å². The second kappa shape index (κ2) is 20.6. The van der Waals surface area contributed by atoms with Crippen LogP contribution in [0.3, 0.4) is 0 Å². The van der Waals surface area contributed by atoms with Crippen LogP contribution in [0, 0.1) is 24.4 Å². The molecule has 0 aliphatic rings. The van der Waals surface area contributed by atoms with E-state index in [4.69, 9.17) is 13.8 Å². The maximum atomic E-state index is 9.26. The molecule has 0 amide bonds. The predicted molar refractivity (Wildman–Crippen MR) is 316 cm³/mol. The third-order valence-corrected chi connectivity index (χ3v) is 15.0. The quantitative estimate of drug-likeness (QED) is 0.101. The number of benzene rings is 8. The number of hydrogen-bond donors (Lipinski definition) is 0. The van der Waals surface area contributed by atoms with E-state index in [0.717, 1.165) is 72.0 Å². The summed E-state index contributed by atoms with van der Waals surface area (Å²) in [5.74, 6) is 2.41. The number of ether oxygens (including phenoxy) is 1. The Kier molecular flexibility index (Phi) is 12.5. The Bertz CT molecular complexity index is 4210. The average Bonchev–Trinajstić information content (AvgIpc) is 4.09. The fourth-order valence-corrected chi connectivity index (χ4v) is 10.3. The molecule has 11 aromatic rings. The Morgan fingerprint density at radius 1 is 0.558 bits per heavy atom. The molecule has 5 nitrogen and oxygen atoms in total. The minimum Gasteiger partial charge on any atom is -0.510 e. The molecule has 0 radical (unpaired) electrons. The van der Waals surface area contributed by atoms with E-state index in [1.54, 1.807) is 0 Å². The molecule has 0 fully saturated rings. The Morgan fingerprint density at radius 2 is 1.18 bits per heavy atom. The summed E-state index contributed by atoms with van der Waals surface area (Å²) in [5.41, 5.74) is 13.8. The molecule has 0 aliphatic carbocycles. The van der Waals surface area contributed by atoms with Crippen molar-refractivity contribution in [2.24, 2.45) is 5.92 Å². The first kappa shape index (κ1) is 46.9. The first-order valence-electron chi connectivity index (χ1n) is 29.0. The molecule has 0 spiro atoms. The molecule has 0 N–H and O–H groups in total. The Hall–Kier alpha value is -7.33. The van der Waals surface area contributed by atoms with Crippen molar-refractivity contribution >= 4 is 32.8 Å². The molecule has 3 heterocycles. The molecular formula is C71H68N4OPt-2. The third-order valence-electron chi connectivity index (χ3n) is 15.0. The zero-order valence-electron chi connectivity index (χ0n) is 51.1. The van der Waals surface area contributed by atoms with E-state index in [1.165, 1.54) is 11.1 Å². The van der Waals surface area contributed by atoms with Gasteiger partial charge in [0.2, 0.25) is 0 Å². The number of fused-ring (bicyclic) bond motifs is 4. The smallest absolute Gasteiger partial charge is 0.268 e. The van der Waals surface area contributed by atoms with Gasteiger partial charge in [-0.3, -0.25) is 4.57 Å². The first-order chi connectivity index (χ1) is 38.4. The predicted octanol–water partition coefficient (Wildman–Crippen LogP) is 18.2. The summed E-state index contributed by atoms with van der Waals surface area (Å²) in [6, 6.07) is 55.3. The van der Waals surface area contributed by atoms with E-state index in [-0.39, 0.29) is 60.9 Å². The molecular weight excluding hydrogens is 1120 g/mol. The fourth-order valence-electron chi connectivity index (χ4n) is 10.3. The molecule has 8 aromatic carbocycles. The van der Waals surface area contributed by atoms with Crippen LogP contribution in [0.4, 0.5) is 0 Å². The molecule has 0 aliphatic heterocycles. The SMILES string of the molecule is [2H]c1c([2H])c([2H])c(-c2cccc(-c3cc(C(C)(C)C)cc(C(C)(C)C)c3)c2-[n+]2[c-]n(-c3[c-]c(Oc4[c-]c5c(cc4)c4ccccc4n5-c4cc(C(C)C(C)C)c(-c5ccc(C(C)(C)C)cc5)cn4)ccc3)c3ccccc32)c([2H])c1[2H].[Pt]. The van der Waals surface area contributed by atoms with Gasteiger partial charge in [0.15, 0.2) is 0 Å². The number of rotatable bonds is 10. The van der Waals surface area contributed by atoms with Crippen molar-refractivity contribution in [3.63, 3.8) is 0 Å². The van der Waals surface area contributed by atoms with E-state index in [2.05, 4.69) is 185 Å². The monoisotopic (exact) mass is 1190 g/mol. The van der Waals surface area contributed by atoms with Crippen molar-refractivity contribution in [3.05, 3.63) is 223 Å². The first-order valence-corrected chi connectivity index (χ1v) is 26.5. The largest absolute Gasteiger partial charge is 0.510 e. The minimum absolute atomic E-state index is 0. The molecule has 0 saturated heterocycles. The van der Waals surface area contributed by atoms with Crippen molar-refractivity contribution in [3.8, 4) is 62.1 Å². The van der Waals surface area contributed by atoms with E-state index >= 15 is 0 Å². The summed E-state index contributed by atoms with van der Waals surface area (Å²) in [4.78, 5) is 5.22. The summed E-state index contributed by atoms with van der Waals surface area (Å²) in [6.07, 6.45) is 5.72. The molecule has 77 heavy (non-hydrogen) atoms. The summed E-state index contributed by atoms with van der Waals surface area (Å²) in [5, 5.41) is 2.11. The van der Waals surface area contributed by atoms with Gasteiger partial charge >= 0.3 is 0 Å². The van der Waals surface area contributed by atoms with Gasteiger partial charge in [0, 0.05) is 49.8 Å². The van der Waals surface area contributed by atoms with E-state index in [0.29, 0.717) is 34.4 Å². The van der Waals surface area contributed by atoms with Gasteiger partial charge in [0.05, 0.1) is 23.6 Å². The summed E-state index contributed by atoms with van der Waals surface area (Å²) < 4.78 is 57.4. The number of aromatic nitrogens is 4.